The van der Waals surface area contributed by atoms with Gasteiger partial charge in [-0.15, -0.1) is 0 Å². The molecule has 1 saturated heterocycles. The first kappa shape index (κ1) is 8.77. The molecule has 2 aromatic rings. The molecule has 0 aliphatic carbocycles. The Morgan fingerprint density at radius 1 is 1.20 bits per heavy atom. The molecule has 3 nitrogen and oxygen atoms in total. The van der Waals surface area contributed by atoms with E-state index in [0.29, 0.717) is 0 Å². The Morgan fingerprint density at radius 2 is 2.07 bits per heavy atom. The highest BCUT2D eigenvalue weighted by Gasteiger charge is 2.15. The minimum absolute atomic E-state index is 0.926. The number of pyridine rings is 1. The lowest BCUT2D eigenvalue weighted by atomic mass is 10.1. The fraction of sp³-hybridized carbons (Fsp3) is 0.333. The molecular formula is C12H13N2O. The van der Waals surface area contributed by atoms with Crippen LogP contribution in [0.25, 0.3) is 11.0 Å². The first-order valence-electron chi connectivity index (χ1n) is 5.34. The molecular weight excluding hydrogens is 188 g/mol. The third-order valence-corrected chi connectivity index (χ3v) is 2.86. The van der Waals surface area contributed by atoms with E-state index in [1.54, 1.807) is 6.26 Å². The lowest BCUT2D eigenvalue weighted by molar-refractivity contribution is 0.615. The summed E-state index contributed by atoms with van der Waals surface area (Å²) in [5.41, 5.74) is 0.926. The van der Waals surface area contributed by atoms with Crippen molar-refractivity contribution in [3.63, 3.8) is 0 Å². The van der Waals surface area contributed by atoms with Gasteiger partial charge in [-0.05, 0) is 31.4 Å². The Balaban J connectivity index is 2.05. The number of nitrogens with zero attached hydrogens (tertiary/aromatic N) is 2. The molecule has 0 unspecified atom stereocenters. The fourth-order valence-corrected chi connectivity index (χ4v) is 2.09. The molecule has 1 radical (unpaired) electrons. The third kappa shape index (κ3) is 1.48. The SMILES string of the molecule is [CH]1CCN(c2nccc3occc23)CC1. The van der Waals surface area contributed by atoms with Gasteiger partial charge in [-0.2, -0.15) is 0 Å². The van der Waals surface area contributed by atoms with Crippen molar-refractivity contribution in [1.82, 2.24) is 4.98 Å². The first-order chi connectivity index (χ1) is 7.45. The second-order valence-corrected chi connectivity index (χ2v) is 3.82. The maximum Gasteiger partial charge on any atom is 0.139 e. The van der Waals surface area contributed by atoms with Gasteiger partial charge in [-0.1, -0.05) is 0 Å². The van der Waals surface area contributed by atoms with E-state index in [9.17, 15) is 0 Å². The standard InChI is InChI=1S/C12H13N2O/c1-2-7-14(8-3-1)12-10-5-9-15-11(10)4-6-13-12/h1,4-6,9H,2-3,7-8H2. The quantitative estimate of drug-likeness (QED) is 0.710. The molecule has 3 heteroatoms. The van der Waals surface area contributed by atoms with Gasteiger partial charge in [0.15, 0.2) is 0 Å². The number of anilines is 1. The number of piperidine rings is 1. The smallest absolute Gasteiger partial charge is 0.139 e. The fourth-order valence-electron chi connectivity index (χ4n) is 2.09. The minimum atomic E-state index is 0.926. The Labute approximate surface area is 88.7 Å². The third-order valence-electron chi connectivity index (χ3n) is 2.86. The number of aromatic nitrogens is 1. The van der Waals surface area contributed by atoms with E-state index in [1.165, 1.54) is 0 Å². The first-order valence-corrected chi connectivity index (χ1v) is 5.34. The Morgan fingerprint density at radius 3 is 2.93 bits per heavy atom. The molecule has 0 saturated carbocycles. The van der Waals surface area contributed by atoms with Crippen LogP contribution in [0, 0.1) is 6.42 Å². The van der Waals surface area contributed by atoms with Crippen LogP contribution in [0.3, 0.4) is 0 Å². The predicted octanol–water partition coefficient (Wildman–Crippen LogP) is 2.63. The maximum atomic E-state index is 5.37. The van der Waals surface area contributed by atoms with Crippen LogP contribution in [-0.4, -0.2) is 18.1 Å². The molecule has 0 atom stereocenters. The number of furan rings is 1. The summed E-state index contributed by atoms with van der Waals surface area (Å²) in [6.07, 6.45) is 8.18. The van der Waals surface area contributed by atoms with E-state index in [0.717, 1.165) is 42.7 Å². The van der Waals surface area contributed by atoms with Crippen LogP contribution in [0.5, 0.6) is 0 Å². The van der Waals surface area contributed by atoms with Gasteiger partial charge in [0.1, 0.15) is 11.4 Å². The van der Waals surface area contributed by atoms with Crippen molar-refractivity contribution in [2.75, 3.05) is 18.0 Å². The predicted molar refractivity (Wildman–Crippen MR) is 59.8 cm³/mol. The zero-order valence-corrected chi connectivity index (χ0v) is 8.52. The van der Waals surface area contributed by atoms with Crippen LogP contribution in [-0.2, 0) is 0 Å². The Kier molecular flexibility index (Phi) is 2.09. The average Bonchev–Trinajstić information content (AvgIpc) is 2.78. The summed E-state index contributed by atoms with van der Waals surface area (Å²) in [4.78, 5) is 6.79. The number of hydrogen-bond acceptors (Lipinski definition) is 3. The van der Waals surface area contributed by atoms with Crippen LogP contribution >= 0.6 is 0 Å². The largest absolute Gasteiger partial charge is 0.464 e. The molecule has 0 bridgehead atoms. The van der Waals surface area contributed by atoms with Crippen molar-refractivity contribution >= 4 is 16.8 Å². The summed E-state index contributed by atoms with van der Waals surface area (Å²) in [5.74, 6) is 1.06. The molecule has 2 aromatic heterocycles. The maximum absolute atomic E-state index is 5.37. The summed E-state index contributed by atoms with van der Waals surface area (Å²) >= 11 is 0. The highest BCUT2D eigenvalue weighted by molar-refractivity contribution is 5.88. The molecule has 0 spiro atoms. The monoisotopic (exact) mass is 201 g/mol. The van der Waals surface area contributed by atoms with E-state index in [-0.39, 0.29) is 0 Å². The van der Waals surface area contributed by atoms with Crippen molar-refractivity contribution in [3.05, 3.63) is 31.0 Å². The van der Waals surface area contributed by atoms with Crippen LogP contribution in [0.1, 0.15) is 12.8 Å². The molecule has 0 N–H and O–H groups in total. The molecule has 3 rings (SSSR count). The normalized spacial score (nSPS) is 17.2. The number of hydrogen-bond donors (Lipinski definition) is 0. The van der Waals surface area contributed by atoms with E-state index in [4.69, 9.17) is 4.42 Å². The molecule has 1 fully saturated rings. The van der Waals surface area contributed by atoms with Gasteiger partial charge in [0.25, 0.3) is 0 Å². The van der Waals surface area contributed by atoms with Gasteiger partial charge in [-0.3, -0.25) is 0 Å². The van der Waals surface area contributed by atoms with Crippen molar-refractivity contribution in [2.45, 2.75) is 12.8 Å². The van der Waals surface area contributed by atoms with Crippen molar-refractivity contribution in [3.8, 4) is 0 Å². The Bertz CT molecular complexity index is 457. The lowest BCUT2D eigenvalue weighted by Gasteiger charge is -2.27. The molecule has 0 aromatic carbocycles. The van der Waals surface area contributed by atoms with E-state index in [2.05, 4.69) is 16.3 Å². The topological polar surface area (TPSA) is 29.3 Å². The number of rotatable bonds is 1. The lowest BCUT2D eigenvalue weighted by Crippen LogP contribution is -2.30. The van der Waals surface area contributed by atoms with Gasteiger partial charge < -0.3 is 9.32 Å². The number of fused-ring (bicyclic) bond motifs is 1. The van der Waals surface area contributed by atoms with Gasteiger partial charge >= 0.3 is 0 Å². The molecule has 0 amide bonds. The second kappa shape index (κ2) is 3.57. The Hall–Kier alpha value is -1.51. The van der Waals surface area contributed by atoms with Crippen molar-refractivity contribution < 1.29 is 4.42 Å². The van der Waals surface area contributed by atoms with Gasteiger partial charge in [0, 0.05) is 19.3 Å². The van der Waals surface area contributed by atoms with Crippen molar-refractivity contribution in [1.29, 1.82) is 0 Å². The zero-order chi connectivity index (χ0) is 10.1. The second-order valence-electron chi connectivity index (χ2n) is 3.82. The highest BCUT2D eigenvalue weighted by Crippen LogP contribution is 2.26. The summed E-state index contributed by atoms with van der Waals surface area (Å²) in [6, 6.07) is 3.91. The average molecular weight is 201 g/mol. The van der Waals surface area contributed by atoms with E-state index < -0.39 is 0 Å². The van der Waals surface area contributed by atoms with Gasteiger partial charge in [0.05, 0.1) is 11.6 Å². The van der Waals surface area contributed by atoms with Gasteiger partial charge in [0.2, 0.25) is 0 Å². The van der Waals surface area contributed by atoms with Crippen molar-refractivity contribution in [2.24, 2.45) is 0 Å². The summed E-state index contributed by atoms with van der Waals surface area (Å²) in [6.45, 7) is 2.13. The van der Waals surface area contributed by atoms with Crippen LogP contribution < -0.4 is 4.90 Å². The summed E-state index contributed by atoms with van der Waals surface area (Å²) in [5, 5.41) is 1.12. The minimum Gasteiger partial charge on any atom is -0.464 e. The van der Waals surface area contributed by atoms with Gasteiger partial charge in [-0.25, -0.2) is 4.98 Å². The van der Waals surface area contributed by atoms with E-state index in [1.807, 2.05) is 18.3 Å². The molecule has 1 aliphatic heterocycles. The van der Waals surface area contributed by atoms with Crippen LogP contribution in [0.2, 0.25) is 0 Å². The molecule has 3 heterocycles. The molecule has 1 aliphatic rings. The zero-order valence-electron chi connectivity index (χ0n) is 8.52. The highest BCUT2D eigenvalue weighted by atomic mass is 16.3. The van der Waals surface area contributed by atoms with Crippen LogP contribution in [0.4, 0.5) is 5.82 Å². The van der Waals surface area contributed by atoms with E-state index >= 15 is 0 Å². The summed E-state index contributed by atoms with van der Waals surface area (Å²) < 4.78 is 5.37. The van der Waals surface area contributed by atoms with Crippen LogP contribution in [0.15, 0.2) is 29.0 Å². The molecule has 77 valence electrons. The summed E-state index contributed by atoms with van der Waals surface area (Å²) in [7, 11) is 0. The molecule has 15 heavy (non-hydrogen) atoms.